The highest BCUT2D eigenvalue weighted by Gasteiger charge is 2.12. The molecule has 0 unspecified atom stereocenters. The molecule has 1 aromatic carbocycles. The van der Waals surface area contributed by atoms with Crippen LogP contribution in [-0.2, 0) is 4.79 Å². The van der Waals surface area contributed by atoms with Gasteiger partial charge in [-0.1, -0.05) is 6.08 Å². The van der Waals surface area contributed by atoms with Gasteiger partial charge in [-0.15, -0.1) is 6.58 Å². The molecule has 0 heterocycles. The van der Waals surface area contributed by atoms with Crippen molar-refractivity contribution in [2.24, 2.45) is 0 Å². The van der Waals surface area contributed by atoms with Gasteiger partial charge in [0.05, 0.1) is 18.7 Å². The van der Waals surface area contributed by atoms with Gasteiger partial charge >= 0.3 is 0 Å². The van der Waals surface area contributed by atoms with Crippen LogP contribution >= 0.6 is 15.9 Å². The predicted molar refractivity (Wildman–Crippen MR) is 84.0 cm³/mol. The quantitative estimate of drug-likeness (QED) is 0.486. The lowest BCUT2D eigenvalue weighted by Crippen LogP contribution is -2.24. The number of nitriles is 1. The molecule has 0 fully saturated rings. The zero-order valence-corrected chi connectivity index (χ0v) is 13.4. The molecule has 0 aliphatic carbocycles. The van der Waals surface area contributed by atoms with E-state index in [4.69, 9.17) is 14.7 Å². The highest BCUT2D eigenvalue weighted by molar-refractivity contribution is 9.10. The molecule has 0 saturated carbocycles. The van der Waals surface area contributed by atoms with Crippen molar-refractivity contribution >= 4 is 27.9 Å². The topological polar surface area (TPSA) is 71.4 Å². The minimum Gasteiger partial charge on any atom is -0.493 e. The SMILES string of the molecule is C=CCNC(=O)/C(C#N)=C\c1cc(Br)c(OC)c(OC)c1. The van der Waals surface area contributed by atoms with E-state index in [2.05, 4.69) is 27.8 Å². The van der Waals surface area contributed by atoms with E-state index in [9.17, 15) is 4.79 Å². The average Bonchev–Trinajstić information content (AvgIpc) is 2.49. The molecule has 21 heavy (non-hydrogen) atoms. The maximum Gasteiger partial charge on any atom is 0.262 e. The summed E-state index contributed by atoms with van der Waals surface area (Å²) in [5.41, 5.74) is 0.640. The zero-order chi connectivity index (χ0) is 15.8. The van der Waals surface area contributed by atoms with Gasteiger partial charge in [-0.3, -0.25) is 4.79 Å². The van der Waals surface area contributed by atoms with Gasteiger partial charge in [-0.2, -0.15) is 5.26 Å². The molecule has 0 aliphatic heterocycles. The zero-order valence-electron chi connectivity index (χ0n) is 11.8. The van der Waals surface area contributed by atoms with E-state index in [0.717, 1.165) is 0 Å². The van der Waals surface area contributed by atoms with Crippen LogP contribution in [0.3, 0.4) is 0 Å². The Labute approximate surface area is 132 Å². The van der Waals surface area contributed by atoms with Crippen molar-refractivity contribution in [3.05, 3.63) is 40.4 Å². The Morgan fingerprint density at radius 3 is 2.71 bits per heavy atom. The van der Waals surface area contributed by atoms with Crippen molar-refractivity contribution in [2.75, 3.05) is 20.8 Å². The Balaban J connectivity index is 3.18. The number of ether oxygens (including phenoxy) is 2. The molecule has 0 aromatic heterocycles. The number of hydrogen-bond donors (Lipinski definition) is 1. The van der Waals surface area contributed by atoms with Crippen molar-refractivity contribution in [2.45, 2.75) is 0 Å². The number of nitrogens with zero attached hydrogens (tertiary/aromatic N) is 1. The van der Waals surface area contributed by atoms with Crippen LogP contribution < -0.4 is 14.8 Å². The second-order valence-electron chi connectivity index (χ2n) is 3.91. The summed E-state index contributed by atoms with van der Waals surface area (Å²) in [6, 6.07) is 5.29. The van der Waals surface area contributed by atoms with Gasteiger partial charge < -0.3 is 14.8 Å². The molecule has 0 spiro atoms. The standard InChI is InChI=1S/C15H15BrN2O3/c1-4-5-18-15(19)11(9-17)6-10-7-12(16)14(21-3)13(8-10)20-2/h4,6-8H,1,5H2,2-3H3,(H,18,19)/b11-6-. The van der Waals surface area contributed by atoms with Crippen LogP contribution in [-0.4, -0.2) is 26.7 Å². The number of benzene rings is 1. The van der Waals surface area contributed by atoms with Crippen molar-refractivity contribution in [1.82, 2.24) is 5.32 Å². The number of carbonyl (C=O) groups excluding carboxylic acids is 1. The predicted octanol–water partition coefficient (Wildman–Crippen LogP) is 2.68. The van der Waals surface area contributed by atoms with Crippen LogP contribution in [0, 0.1) is 11.3 Å². The number of hydrogen-bond acceptors (Lipinski definition) is 4. The number of methoxy groups -OCH3 is 2. The second-order valence-corrected chi connectivity index (χ2v) is 4.76. The van der Waals surface area contributed by atoms with Crippen molar-refractivity contribution in [3.63, 3.8) is 0 Å². The van der Waals surface area contributed by atoms with Crippen LogP contribution in [0.4, 0.5) is 0 Å². The summed E-state index contributed by atoms with van der Waals surface area (Å²) in [6.45, 7) is 3.80. The van der Waals surface area contributed by atoms with E-state index in [1.807, 2.05) is 6.07 Å². The Morgan fingerprint density at radius 1 is 1.48 bits per heavy atom. The fourth-order valence-electron chi connectivity index (χ4n) is 1.60. The smallest absolute Gasteiger partial charge is 0.262 e. The number of halogens is 1. The molecule has 1 rings (SSSR count). The summed E-state index contributed by atoms with van der Waals surface area (Å²) in [4.78, 5) is 11.8. The van der Waals surface area contributed by atoms with Crippen LogP contribution in [0.15, 0.2) is 34.8 Å². The lowest BCUT2D eigenvalue weighted by atomic mass is 10.1. The van der Waals surface area contributed by atoms with Gasteiger partial charge in [0.1, 0.15) is 11.6 Å². The molecule has 1 amide bonds. The highest BCUT2D eigenvalue weighted by atomic mass is 79.9. The molecule has 5 nitrogen and oxygen atoms in total. The Hall–Kier alpha value is -2.26. The Kier molecular flexibility index (Phi) is 6.50. The summed E-state index contributed by atoms with van der Waals surface area (Å²) < 4.78 is 11.1. The van der Waals surface area contributed by atoms with E-state index in [1.165, 1.54) is 20.3 Å². The molecule has 1 N–H and O–H groups in total. The fourth-order valence-corrected chi connectivity index (χ4v) is 2.22. The molecule has 0 bridgehead atoms. The van der Waals surface area contributed by atoms with Crippen LogP contribution in [0.2, 0.25) is 0 Å². The van der Waals surface area contributed by atoms with Gasteiger partial charge in [-0.05, 0) is 39.7 Å². The summed E-state index contributed by atoms with van der Waals surface area (Å²) >= 11 is 3.36. The van der Waals surface area contributed by atoms with Crippen molar-refractivity contribution in [1.29, 1.82) is 5.26 Å². The second kappa shape index (κ2) is 8.12. The van der Waals surface area contributed by atoms with Crippen LogP contribution in [0.5, 0.6) is 11.5 Å². The third kappa shape index (κ3) is 4.36. The lowest BCUT2D eigenvalue weighted by Gasteiger charge is -2.10. The number of rotatable bonds is 6. The highest BCUT2D eigenvalue weighted by Crippen LogP contribution is 2.36. The van der Waals surface area contributed by atoms with Gasteiger partial charge in [0.15, 0.2) is 11.5 Å². The Morgan fingerprint density at radius 2 is 2.19 bits per heavy atom. The lowest BCUT2D eigenvalue weighted by molar-refractivity contribution is -0.116. The molecule has 0 radical (unpaired) electrons. The largest absolute Gasteiger partial charge is 0.493 e. The van der Waals surface area contributed by atoms with Crippen LogP contribution in [0.25, 0.3) is 6.08 Å². The number of nitrogens with one attached hydrogen (secondary N) is 1. The summed E-state index contributed by atoms with van der Waals surface area (Å²) in [7, 11) is 3.04. The van der Waals surface area contributed by atoms with Gasteiger partial charge in [0.2, 0.25) is 0 Å². The molecule has 6 heteroatoms. The maximum absolute atomic E-state index is 11.8. The molecule has 0 saturated heterocycles. The van der Waals surface area contributed by atoms with Crippen molar-refractivity contribution in [3.8, 4) is 17.6 Å². The molecule has 0 aliphatic rings. The number of carbonyl (C=O) groups is 1. The van der Waals surface area contributed by atoms with E-state index in [-0.39, 0.29) is 5.57 Å². The maximum atomic E-state index is 11.8. The first-order valence-electron chi connectivity index (χ1n) is 5.99. The van der Waals surface area contributed by atoms with Crippen LogP contribution in [0.1, 0.15) is 5.56 Å². The minimum atomic E-state index is -0.455. The summed E-state index contributed by atoms with van der Waals surface area (Å²) in [5.74, 6) is 0.592. The van der Waals surface area contributed by atoms with Gasteiger partial charge in [0, 0.05) is 6.54 Å². The monoisotopic (exact) mass is 350 g/mol. The van der Waals surface area contributed by atoms with Gasteiger partial charge in [0.25, 0.3) is 5.91 Å². The number of amides is 1. The first-order chi connectivity index (χ1) is 10.1. The Bertz CT molecular complexity index is 618. The summed E-state index contributed by atoms with van der Waals surface area (Å²) in [5, 5.41) is 11.6. The minimum absolute atomic E-state index is 0.00373. The third-order valence-electron chi connectivity index (χ3n) is 2.54. The van der Waals surface area contributed by atoms with E-state index in [1.54, 1.807) is 18.2 Å². The third-order valence-corrected chi connectivity index (χ3v) is 3.13. The van der Waals surface area contributed by atoms with E-state index >= 15 is 0 Å². The average molecular weight is 351 g/mol. The molecule has 0 atom stereocenters. The first kappa shape index (κ1) is 16.8. The molecule has 1 aromatic rings. The fraction of sp³-hybridized carbons (Fsp3) is 0.200. The molecular formula is C15H15BrN2O3. The van der Waals surface area contributed by atoms with Gasteiger partial charge in [-0.25, -0.2) is 0 Å². The normalized spacial score (nSPS) is 10.5. The van der Waals surface area contributed by atoms with E-state index < -0.39 is 5.91 Å². The summed E-state index contributed by atoms with van der Waals surface area (Å²) in [6.07, 6.45) is 3.02. The van der Waals surface area contributed by atoms with Crippen molar-refractivity contribution < 1.29 is 14.3 Å². The van der Waals surface area contributed by atoms with E-state index in [0.29, 0.717) is 28.1 Å². The first-order valence-corrected chi connectivity index (χ1v) is 6.79. The molecular weight excluding hydrogens is 336 g/mol. The molecule has 110 valence electrons.